The zero-order chi connectivity index (χ0) is 23.9. The van der Waals surface area contributed by atoms with Gasteiger partial charge in [-0.2, -0.15) is 23.4 Å². The fraction of sp³-hybridized carbons (Fsp3) is 0.261. The van der Waals surface area contributed by atoms with Crippen LogP contribution in [0.5, 0.6) is 0 Å². The van der Waals surface area contributed by atoms with Crippen LogP contribution in [0, 0.1) is 11.3 Å². The molecule has 0 spiro atoms. The van der Waals surface area contributed by atoms with Gasteiger partial charge >= 0.3 is 12.2 Å². The highest BCUT2D eigenvalue weighted by Gasteiger charge is 2.65. The zero-order valence-electron chi connectivity index (χ0n) is 17.8. The summed E-state index contributed by atoms with van der Waals surface area (Å²) in [7, 11) is 0. The number of rotatable bonds is 2. The van der Waals surface area contributed by atoms with E-state index in [1.54, 1.807) is 42.5 Å². The molecule has 34 heavy (non-hydrogen) atoms. The van der Waals surface area contributed by atoms with Gasteiger partial charge in [-0.05, 0) is 17.7 Å². The van der Waals surface area contributed by atoms with Crippen molar-refractivity contribution < 1.29 is 22.7 Å². The summed E-state index contributed by atoms with van der Waals surface area (Å²) in [5.74, 6) is -0.00134. The summed E-state index contributed by atoms with van der Waals surface area (Å²) in [6, 6.07) is 16.2. The number of para-hydroxylation sites is 1. The predicted molar refractivity (Wildman–Crippen MR) is 116 cm³/mol. The van der Waals surface area contributed by atoms with Crippen LogP contribution < -0.4 is 10.2 Å². The van der Waals surface area contributed by atoms with E-state index < -0.39 is 23.3 Å². The van der Waals surface area contributed by atoms with E-state index in [9.17, 15) is 23.2 Å². The minimum Gasteiger partial charge on any atom is -0.378 e. The number of nitriles is 1. The molecule has 1 saturated heterocycles. The zero-order valence-corrected chi connectivity index (χ0v) is 17.8. The molecule has 0 aliphatic carbocycles. The number of ether oxygens (including phenoxy) is 1. The molecule has 0 radical (unpaired) electrons. The number of hydrogen-bond acceptors (Lipinski definition) is 6. The summed E-state index contributed by atoms with van der Waals surface area (Å²) >= 11 is 0. The number of hydrazone groups is 1. The monoisotopic (exact) mass is 468 g/mol. The molecule has 8 nitrogen and oxygen atoms in total. The number of morpholine rings is 1. The van der Waals surface area contributed by atoms with Crippen molar-refractivity contribution in [1.82, 2.24) is 15.2 Å². The van der Waals surface area contributed by atoms with Gasteiger partial charge in [-0.15, -0.1) is 5.10 Å². The van der Waals surface area contributed by atoms with Crippen molar-refractivity contribution in [2.75, 3.05) is 31.2 Å². The van der Waals surface area contributed by atoms with Gasteiger partial charge in [0, 0.05) is 13.1 Å². The number of nitrogens with zero attached hydrogens (tertiary/aromatic N) is 5. The lowest BCUT2D eigenvalue weighted by Gasteiger charge is -2.42. The number of urea groups is 1. The number of hydrogen-bond donors (Lipinski definition) is 1. The minimum atomic E-state index is -5.02. The summed E-state index contributed by atoms with van der Waals surface area (Å²) in [6.07, 6.45) is -5.02. The molecular weight excluding hydrogens is 449 g/mol. The Morgan fingerprint density at radius 3 is 2.24 bits per heavy atom. The van der Waals surface area contributed by atoms with Gasteiger partial charge in [0.15, 0.2) is 5.82 Å². The number of alkyl halides is 3. The number of carbonyl (C=O) groups excluding carboxylic acids is 1. The van der Waals surface area contributed by atoms with Crippen LogP contribution in [0.4, 0.5) is 23.7 Å². The van der Waals surface area contributed by atoms with Crippen molar-refractivity contribution in [1.29, 1.82) is 5.26 Å². The molecule has 2 aromatic rings. The number of fused-ring (bicyclic) bond motifs is 1. The molecule has 0 unspecified atom stereocenters. The number of nitrogens with one attached hydrogen (secondary N) is 1. The Hall–Kier alpha value is -4.04. The number of amides is 2. The van der Waals surface area contributed by atoms with E-state index in [0.717, 1.165) is 5.01 Å². The number of guanidine groups is 1. The largest absolute Gasteiger partial charge is 0.421 e. The van der Waals surface area contributed by atoms with Gasteiger partial charge in [-0.1, -0.05) is 48.5 Å². The third kappa shape index (κ3) is 3.18. The van der Waals surface area contributed by atoms with Crippen LogP contribution >= 0.6 is 0 Å². The summed E-state index contributed by atoms with van der Waals surface area (Å²) in [6.45, 7) is 1.65. The normalized spacial score (nSPS) is 22.8. The smallest absolute Gasteiger partial charge is 0.378 e. The molecule has 2 aromatic carbocycles. The Balaban J connectivity index is 1.79. The Kier molecular flexibility index (Phi) is 5.17. The highest BCUT2D eigenvalue weighted by atomic mass is 19.4. The number of anilines is 1. The third-order valence-corrected chi connectivity index (χ3v) is 5.94. The summed E-state index contributed by atoms with van der Waals surface area (Å²) < 4.78 is 49.9. The van der Waals surface area contributed by atoms with Crippen LogP contribution in [0.3, 0.4) is 0 Å². The molecule has 3 aliphatic heterocycles. The van der Waals surface area contributed by atoms with Crippen LogP contribution in [0.25, 0.3) is 0 Å². The predicted octanol–water partition coefficient (Wildman–Crippen LogP) is 3.33. The molecule has 11 heteroatoms. The summed E-state index contributed by atoms with van der Waals surface area (Å²) in [5, 5.41) is 17.4. The molecule has 0 saturated carbocycles. The van der Waals surface area contributed by atoms with Crippen LogP contribution in [0.1, 0.15) is 5.56 Å². The van der Waals surface area contributed by atoms with E-state index in [0.29, 0.717) is 32.0 Å². The van der Waals surface area contributed by atoms with Gasteiger partial charge in [0.2, 0.25) is 11.5 Å². The summed E-state index contributed by atoms with van der Waals surface area (Å²) in [4.78, 5) is 16.4. The van der Waals surface area contributed by atoms with Gasteiger partial charge in [-0.3, -0.25) is 4.90 Å². The second-order valence-corrected chi connectivity index (χ2v) is 7.84. The van der Waals surface area contributed by atoms with Gasteiger partial charge in [0.1, 0.15) is 11.6 Å². The van der Waals surface area contributed by atoms with Gasteiger partial charge in [0.05, 0.1) is 18.9 Å². The van der Waals surface area contributed by atoms with E-state index in [1.807, 2.05) is 4.90 Å². The van der Waals surface area contributed by atoms with Crippen molar-refractivity contribution >= 4 is 17.7 Å². The second kappa shape index (κ2) is 8.07. The number of halogens is 3. The molecule has 3 heterocycles. The first kappa shape index (κ1) is 21.8. The lowest BCUT2D eigenvalue weighted by molar-refractivity contribution is -0.186. The van der Waals surface area contributed by atoms with E-state index in [1.165, 1.54) is 29.2 Å². The Morgan fingerprint density at radius 2 is 1.65 bits per heavy atom. The quantitative estimate of drug-likeness (QED) is 0.731. The highest BCUT2D eigenvalue weighted by Crippen LogP contribution is 2.49. The van der Waals surface area contributed by atoms with Gasteiger partial charge in [-0.25, -0.2) is 4.79 Å². The number of carbonyl (C=O) groups is 1. The Morgan fingerprint density at radius 1 is 1.03 bits per heavy atom. The average Bonchev–Trinajstić information content (AvgIpc) is 3.26. The van der Waals surface area contributed by atoms with Crippen LogP contribution in [0.2, 0.25) is 0 Å². The van der Waals surface area contributed by atoms with E-state index in [-0.39, 0.29) is 17.3 Å². The molecular formula is C23H19F3N6O2. The molecule has 1 fully saturated rings. The topological polar surface area (TPSA) is 84.2 Å². The molecule has 3 aliphatic rings. The van der Waals surface area contributed by atoms with Crippen LogP contribution in [-0.4, -0.2) is 54.4 Å². The van der Waals surface area contributed by atoms with Crippen molar-refractivity contribution in [3.63, 3.8) is 0 Å². The van der Waals surface area contributed by atoms with Crippen LogP contribution in [0.15, 0.2) is 77.2 Å². The van der Waals surface area contributed by atoms with E-state index >= 15 is 0 Å². The maximum absolute atomic E-state index is 14.8. The Labute approximate surface area is 193 Å². The Bertz CT molecular complexity index is 1200. The van der Waals surface area contributed by atoms with Crippen molar-refractivity contribution in [3.8, 4) is 6.07 Å². The van der Waals surface area contributed by atoms with Crippen molar-refractivity contribution in [3.05, 3.63) is 77.6 Å². The maximum Gasteiger partial charge on any atom is 0.421 e. The molecule has 2 amide bonds. The fourth-order valence-corrected chi connectivity index (χ4v) is 4.37. The highest BCUT2D eigenvalue weighted by molar-refractivity contribution is 6.04. The van der Waals surface area contributed by atoms with E-state index in [4.69, 9.17) is 4.74 Å². The molecule has 0 aromatic heterocycles. The first-order chi connectivity index (χ1) is 16.4. The average molecular weight is 468 g/mol. The maximum atomic E-state index is 14.8. The third-order valence-electron chi connectivity index (χ3n) is 5.94. The molecule has 174 valence electrons. The van der Waals surface area contributed by atoms with E-state index in [2.05, 4.69) is 10.4 Å². The first-order valence-corrected chi connectivity index (χ1v) is 10.5. The molecule has 1 N–H and O–H groups in total. The van der Waals surface area contributed by atoms with Crippen LogP contribution in [-0.2, 0) is 10.3 Å². The molecule has 0 bridgehead atoms. The molecule has 5 rings (SSSR count). The van der Waals surface area contributed by atoms with Gasteiger partial charge < -0.3 is 15.0 Å². The summed E-state index contributed by atoms with van der Waals surface area (Å²) in [5.41, 5.74) is -3.53. The molecule has 1 atom stereocenters. The standard InChI is InChI=1S/C23H19F3N6O2/c24-23(25,26)22(16-7-3-1-4-8-16)18(15-27)19-31(17-9-5-2-6-10-17)20(29-32(19)21(33)28-22)30-11-13-34-14-12-30/h1-10H,11-14H2,(H,28,33)/t22-/m0/s1. The minimum absolute atomic E-state index is 0.249. The van der Waals surface area contributed by atoms with Gasteiger partial charge in [0.25, 0.3) is 0 Å². The first-order valence-electron chi connectivity index (χ1n) is 10.5. The van der Waals surface area contributed by atoms with Crippen molar-refractivity contribution in [2.24, 2.45) is 5.10 Å². The second-order valence-electron chi connectivity index (χ2n) is 7.84. The van der Waals surface area contributed by atoms with Crippen molar-refractivity contribution in [2.45, 2.75) is 11.7 Å². The SMILES string of the molecule is N#CC1=C2N(N=C(N3CCOCC3)N2c2ccccc2)C(=O)N[C@]1(c1ccccc1)C(F)(F)F. The number of benzene rings is 2. The fourth-order valence-electron chi connectivity index (χ4n) is 4.37. The lowest BCUT2D eigenvalue weighted by Crippen LogP contribution is -2.63. The lowest BCUT2D eigenvalue weighted by atomic mass is 9.80.